The summed E-state index contributed by atoms with van der Waals surface area (Å²) in [7, 11) is 0. The second-order valence-electron chi connectivity index (χ2n) is 2.82. The minimum Gasteiger partial charge on any atom is -0.397 e. The molecule has 1 aromatic rings. The summed E-state index contributed by atoms with van der Waals surface area (Å²) in [5.74, 6) is -0.311. The standard InChI is InChI=1S/C11H10N2O/c1-8(14)10(7-12)11(13)9-5-3-2-4-6-9/h2-6H,13H2,1H3/b11-10-. The maximum Gasteiger partial charge on any atom is 0.172 e. The first-order valence-corrected chi connectivity index (χ1v) is 4.13. The molecule has 0 amide bonds. The Kier molecular flexibility index (Phi) is 3.03. The van der Waals surface area contributed by atoms with Gasteiger partial charge in [0, 0.05) is 0 Å². The molecule has 1 rings (SSSR count). The van der Waals surface area contributed by atoms with E-state index in [2.05, 4.69) is 0 Å². The molecule has 0 heterocycles. The van der Waals surface area contributed by atoms with Gasteiger partial charge in [0.25, 0.3) is 0 Å². The topological polar surface area (TPSA) is 66.9 Å². The lowest BCUT2D eigenvalue weighted by Gasteiger charge is -2.02. The van der Waals surface area contributed by atoms with Crippen LogP contribution < -0.4 is 5.73 Å². The SMILES string of the molecule is CC(=O)/C(C#N)=C(\N)c1ccccc1. The van der Waals surface area contributed by atoms with Crippen LogP contribution in [0.1, 0.15) is 12.5 Å². The van der Waals surface area contributed by atoms with Crippen LogP contribution in [0.2, 0.25) is 0 Å². The number of nitrogens with two attached hydrogens (primary N) is 1. The number of Topliss-reactive ketones (excluding diaryl/α,β-unsaturated/α-hetero) is 1. The molecular weight excluding hydrogens is 176 g/mol. The largest absolute Gasteiger partial charge is 0.397 e. The molecule has 14 heavy (non-hydrogen) atoms. The van der Waals surface area contributed by atoms with Gasteiger partial charge in [-0.1, -0.05) is 30.3 Å². The highest BCUT2D eigenvalue weighted by Crippen LogP contribution is 2.12. The van der Waals surface area contributed by atoms with Crippen LogP contribution in [0.3, 0.4) is 0 Å². The predicted octanol–water partition coefficient (Wildman–Crippen LogP) is 1.47. The van der Waals surface area contributed by atoms with E-state index in [4.69, 9.17) is 11.0 Å². The van der Waals surface area contributed by atoms with Gasteiger partial charge in [0.2, 0.25) is 0 Å². The van der Waals surface area contributed by atoms with Gasteiger partial charge in [0.1, 0.15) is 11.6 Å². The summed E-state index contributed by atoms with van der Waals surface area (Å²) in [6.07, 6.45) is 0. The quantitative estimate of drug-likeness (QED) is 0.561. The number of ketones is 1. The van der Waals surface area contributed by atoms with Gasteiger partial charge in [-0.25, -0.2) is 0 Å². The summed E-state index contributed by atoms with van der Waals surface area (Å²) in [4.78, 5) is 11.0. The van der Waals surface area contributed by atoms with Gasteiger partial charge in [-0.15, -0.1) is 0 Å². The molecule has 70 valence electrons. The number of carbonyl (C=O) groups is 1. The van der Waals surface area contributed by atoms with E-state index in [1.807, 2.05) is 6.07 Å². The molecule has 0 aromatic heterocycles. The summed E-state index contributed by atoms with van der Waals surface area (Å²) in [6.45, 7) is 1.33. The zero-order valence-electron chi connectivity index (χ0n) is 7.82. The fourth-order valence-electron chi connectivity index (χ4n) is 1.09. The van der Waals surface area contributed by atoms with Gasteiger partial charge < -0.3 is 5.73 Å². The molecule has 0 radical (unpaired) electrons. The molecule has 0 saturated heterocycles. The van der Waals surface area contributed by atoms with E-state index in [1.54, 1.807) is 30.3 Å². The average Bonchev–Trinajstić information content (AvgIpc) is 2.19. The van der Waals surface area contributed by atoms with Crippen molar-refractivity contribution in [1.82, 2.24) is 0 Å². The third-order valence-corrected chi connectivity index (χ3v) is 1.82. The lowest BCUT2D eigenvalue weighted by molar-refractivity contribution is -0.113. The Morgan fingerprint density at radius 2 is 1.93 bits per heavy atom. The van der Waals surface area contributed by atoms with Gasteiger partial charge in [0.15, 0.2) is 5.78 Å². The van der Waals surface area contributed by atoms with Gasteiger partial charge >= 0.3 is 0 Å². The minimum atomic E-state index is -0.311. The van der Waals surface area contributed by atoms with Crippen molar-refractivity contribution in [2.45, 2.75) is 6.92 Å². The van der Waals surface area contributed by atoms with E-state index in [-0.39, 0.29) is 17.1 Å². The number of rotatable bonds is 2. The van der Waals surface area contributed by atoms with Crippen LogP contribution in [0.25, 0.3) is 5.70 Å². The van der Waals surface area contributed by atoms with Crippen LogP contribution in [0, 0.1) is 11.3 Å². The van der Waals surface area contributed by atoms with Gasteiger partial charge in [-0.05, 0) is 12.5 Å². The molecule has 3 heteroatoms. The molecule has 0 spiro atoms. The number of allylic oxidation sites excluding steroid dienone is 1. The van der Waals surface area contributed by atoms with E-state index < -0.39 is 0 Å². The van der Waals surface area contributed by atoms with Crippen molar-refractivity contribution < 1.29 is 4.79 Å². The third-order valence-electron chi connectivity index (χ3n) is 1.82. The Bertz CT molecular complexity index is 413. The van der Waals surface area contributed by atoms with Crippen LogP contribution >= 0.6 is 0 Å². The molecule has 3 nitrogen and oxygen atoms in total. The van der Waals surface area contributed by atoms with Crippen LogP contribution in [0.4, 0.5) is 0 Å². The number of nitrogens with zero attached hydrogens (tertiary/aromatic N) is 1. The Labute approximate surface area is 82.5 Å². The lowest BCUT2D eigenvalue weighted by Crippen LogP contribution is -2.06. The molecule has 0 saturated carbocycles. The van der Waals surface area contributed by atoms with Gasteiger partial charge in [0.05, 0.1) is 5.70 Å². The number of carbonyl (C=O) groups excluding carboxylic acids is 1. The van der Waals surface area contributed by atoms with E-state index >= 15 is 0 Å². The summed E-state index contributed by atoms with van der Waals surface area (Å²) >= 11 is 0. The van der Waals surface area contributed by atoms with Gasteiger partial charge in [-0.3, -0.25) is 4.79 Å². The molecule has 0 fully saturated rings. The normalized spacial score (nSPS) is 11.4. The molecule has 0 aliphatic heterocycles. The monoisotopic (exact) mass is 186 g/mol. The van der Waals surface area contributed by atoms with E-state index in [9.17, 15) is 4.79 Å². The first-order chi connectivity index (χ1) is 6.66. The number of hydrogen-bond acceptors (Lipinski definition) is 3. The summed E-state index contributed by atoms with van der Waals surface area (Å²) in [5.41, 5.74) is 6.63. The van der Waals surface area contributed by atoms with Crippen molar-refractivity contribution in [1.29, 1.82) is 5.26 Å². The highest BCUT2D eigenvalue weighted by molar-refractivity contribution is 6.04. The number of hydrogen-bond donors (Lipinski definition) is 1. The fourth-order valence-corrected chi connectivity index (χ4v) is 1.09. The molecular formula is C11H10N2O. The maximum absolute atomic E-state index is 11.0. The van der Waals surface area contributed by atoms with E-state index in [0.717, 1.165) is 0 Å². The summed E-state index contributed by atoms with van der Waals surface area (Å²) < 4.78 is 0. The molecule has 0 aliphatic carbocycles. The zero-order chi connectivity index (χ0) is 10.6. The minimum absolute atomic E-state index is 0.0104. The number of nitriles is 1. The Morgan fingerprint density at radius 1 is 1.36 bits per heavy atom. The summed E-state index contributed by atoms with van der Waals surface area (Å²) in [5, 5.41) is 8.72. The highest BCUT2D eigenvalue weighted by Gasteiger charge is 2.09. The van der Waals surface area contributed by atoms with Crippen molar-refractivity contribution >= 4 is 11.5 Å². The highest BCUT2D eigenvalue weighted by atomic mass is 16.1. The van der Waals surface area contributed by atoms with Crippen LogP contribution in [0.5, 0.6) is 0 Å². The Hall–Kier alpha value is -2.08. The average molecular weight is 186 g/mol. The Balaban J connectivity index is 3.23. The second kappa shape index (κ2) is 4.24. The zero-order valence-corrected chi connectivity index (χ0v) is 7.82. The van der Waals surface area contributed by atoms with Gasteiger partial charge in [-0.2, -0.15) is 5.26 Å². The Morgan fingerprint density at radius 3 is 2.36 bits per heavy atom. The number of benzene rings is 1. The first kappa shape index (κ1) is 10.0. The first-order valence-electron chi connectivity index (χ1n) is 4.13. The predicted molar refractivity (Wildman–Crippen MR) is 53.8 cm³/mol. The molecule has 0 atom stereocenters. The smallest absolute Gasteiger partial charge is 0.172 e. The molecule has 1 aromatic carbocycles. The second-order valence-corrected chi connectivity index (χ2v) is 2.82. The summed E-state index contributed by atoms with van der Waals surface area (Å²) in [6, 6.07) is 10.8. The third kappa shape index (κ3) is 1.99. The fraction of sp³-hybridized carbons (Fsp3) is 0.0909. The maximum atomic E-state index is 11.0. The molecule has 0 unspecified atom stereocenters. The lowest BCUT2D eigenvalue weighted by atomic mass is 10.1. The van der Waals surface area contributed by atoms with E-state index in [0.29, 0.717) is 5.56 Å². The molecule has 0 bridgehead atoms. The van der Waals surface area contributed by atoms with Crippen molar-refractivity contribution in [3.8, 4) is 6.07 Å². The van der Waals surface area contributed by atoms with Crippen LogP contribution in [0.15, 0.2) is 35.9 Å². The van der Waals surface area contributed by atoms with E-state index in [1.165, 1.54) is 6.92 Å². The molecule has 2 N–H and O–H groups in total. The van der Waals surface area contributed by atoms with Crippen LogP contribution in [-0.4, -0.2) is 5.78 Å². The van der Waals surface area contributed by atoms with Crippen LogP contribution in [-0.2, 0) is 4.79 Å². The van der Waals surface area contributed by atoms with Crippen molar-refractivity contribution in [3.05, 3.63) is 41.5 Å². The van der Waals surface area contributed by atoms with Crippen molar-refractivity contribution in [2.24, 2.45) is 5.73 Å². The van der Waals surface area contributed by atoms with Crippen molar-refractivity contribution in [3.63, 3.8) is 0 Å². The van der Waals surface area contributed by atoms with Crippen molar-refractivity contribution in [2.75, 3.05) is 0 Å². The molecule has 0 aliphatic rings.